The third-order valence-electron chi connectivity index (χ3n) is 5.58. The Morgan fingerprint density at radius 3 is 2.69 bits per heavy atom. The number of furan rings is 1. The number of Topliss-reactive ketones (excluding diaryl/α,β-unsaturated/α-hetero) is 1. The van der Waals surface area contributed by atoms with E-state index in [4.69, 9.17) is 13.9 Å². The molecular weight excluding hydrogens is 492 g/mol. The van der Waals surface area contributed by atoms with Crippen LogP contribution in [0, 0.1) is 6.92 Å². The van der Waals surface area contributed by atoms with Gasteiger partial charge in [-0.3, -0.25) is 14.5 Å². The fourth-order valence-corrected chi connectivity index (χ4v) is 5.79. The molecule has 4 aromatic rings. The molecule has 9 nitrogen and oxygen atoms in total. The van der Waals surface area contributed by atoms with E-state index in [1.165, 1.54) is 30.5 Å². The molecule has 178 valence electrons. The van der Waals surface area contributed by atoms with Crippen molar-refractivity contribution in [3.63, 3.8) is 0 Å². The van der Waals surface area contributed by atoms with Gasteiger partial charge in [-0.1, -0.05) is 29.5 Å². The van der Waals surface area contributed by atoms with Crippen LogP contribution < -0.4 is 9.64 Å². The fourth-order valence-electron chi connectivity index (χ4n) is 3.96. The van der Waals surface area contributed by atoms with E-state index in [9.17, 15) is 19.5 Å². The third kappa shape index (κ3) is 3.60. The molecule has 1 N–H and O–H groups in total. The molecule has 11 heteroatoms. The minimum atomic E-state index is -0.957. The molecule has 0 saturated carbocycles. The third-order valence-corrected chi connectivity index (χ3v) is 7.64. The second-order valence-electron chi connectivity index (χ2n) is 7.58. The van der Waals surface area contributed by atoms with Gasteiger partial charge in [0.1, 0.15) is 10.9 Å². The summed E-state index contributed by atoms with van der Waals surface area (Å²) in [6.07, 6.45) is 0. The predicted octanol–water partition coefficient (Wildman–Crippen LogP) is 4.84. The number of aliphatic hydroxyl groups excluding tert-OH is 1. The Kier molecular flexibility index (Phi) is 5.65. The number of methoxy groups -OCH3 is 2. The van der Waals surface area contributed by atoms with Gasteiger partial charge in [-0.05, 0) is 30.5 Å². The lowest BCUT2D eigenvalue weighted by atomic mass is 10.0. The molecule has 0 unspecified atom stereocenters. The van der Waals surface area contributed by atoms with E-state index in [0.717, 1.165) is 11.3 Å². The number of benzene rings is 1. The van der Waals surface area contributed by atoms with E-state index < -0.39 is 29.5 Å². The molecular formula is C24H18N2O7S2. The molecule has 5 rings (SSSR count). The molecule has 3 aromatic heterocycles. The Morgan fingerprint density at radius 2 is 2.00 bits per heavy atom. The van der Waals surface area contributed by atoms with Crippen molar-refractivity contribution in [1.29, 1.82) is 0 Å². The summed E-state index contributed by atoms with van der Waals surface area (Å²) in [4.78, 5) is 45.5. The van der Waals surface area contributed by atoms with Crippen molar-refractivity contribution >= 4 is 56.4 Å². The topological polar surface area (TPSA) is 119 Å². The first kappa shape index (κ1) is 22.8. The monoisotopic (exact) mass is 510 g/mol. The maximum Gasteiger partial charge on any atom is 0.350 e. The first-order valence-corrected chi connectivity index (χ1v) is 12.0. The molecule has 0 fully saturated rings. The minimum Gasteiger partial charge on any atom is -0.503 e. The number of carbonyl (C=O) groups is 3. The highest BCUT2D eigenvalue weighted by Crippen LogP contribution is 2.45. The number of aliphatic hydroxyl groups is 1. The number of rotatable bonds is 6. The lowest BCUT2D eigenvalue weighted by Crippen LogP contribution is -2.30. The Bertz CT molecular complexity index is 1510. The van der Waals surface area contributed by atoms with Crippen molar-refractivity contribution in [3.05, 3.63) is 74.3 Å². The van der Waals surface area contributed by atoms with Crippen molar-refractivity contribution in [3.8, 4) is 5.75 Å². The number of thiophene rings is 1. The van der Waals surface area contributed by atoms with Crippen LogP contribution in [0.25, 0.3) is 11.0 Å². The summed E-state index contributed by atoms with van der Waals surface area (Å²) in [7, 11) is 2.75. The molecule has 1 aliphatic rings. The zero-order valence-electron chi connectivity index (χ0n) is 18.7. The number of esters is 1. The molecule has 0 aliphatic carbocycles. The van der Waals surface area contributed by atoms with E-state index in [-0.39, 0.29) is 21.3 Å². The smallest absolute Gasteiger partial charge is 0.350 e. The Morgan fingerprint density at radius 1 is 1.20 bits per heavy atom. The van der Waals surface area contributed by atoms with Gasteiger partial charge in [0.15, 0.2) is 28.0 Å². The molecule has 1 aliphatic heterocycles. The van der Waals surface area contributed by atoms with Crippen molar-refractivity contribution < 1.29 is 33.4 Å². The van der Waals surface area contributed by atoms with Gasteiger partial charge in [0.25, 0.3) is 5.91 Å². The SMILES string of the molecule is COC(=O)c1sc(N2C(=O)C(O)=C(C(=O)c3cc4cccc(OC)c4o3)[C@H]2c2cccs2)nc1C. The molecule has 0 radical (unpaired) electrons. The first-order chi connectivity index (χ1) is 16.8. The van der Waals surface area contributed by atoms with E-state index in [1.807, 2.05) is 0 Å². The van der Waals surface area contributed by atoms with Crippen LogP contribution in [-0.4, -0.2) is 42.0 Å². The van der Waals surface area contributed by atoms with Crippen LogP contribution in [0.2, 0.25) is 0 Å². The number of aryl methyl sites for hydroxylation is 1. The average molecular weight is 511 g/mol. The summed E-state index contributed by atoms with van der Waals surface area (Å²) in [6.45, 7) is 1.62. The summed E-state index contributed by atoms with van der Waals surface area (Å²) in [6, 6.07) is 9.35. The number of amides is 1. The standard InChI is InChI=1S/C24H18N2O7S2/c1-11-21(23(30)32-3)35-24(25-11)26-17(15-8-5-9-34-15)16(19(28)22(26)29)18(27)14-10-12-6-4-7-13(31-2)20(12)33-14/h4-10,17,28H,1-3H3/t17-/m1/s1. The van der Waals surface area contributed by atoms with Gasteiger partial charge in [-0.15, -0.1) is 11.3 Å². The number of aromatic nitrogens is 1. The Labute approximate surface area is 206 Å². The molecule has 1 amide bonds. The van der Waals surface area contributed by atoms with Crippen LogP contribution in [0.1, 0.15) is 36.8 Å². The number of nitrogens with zero attached hydrogens (tertiary/aromatic N) is 2. The number of anilines is 1. The number of ketones is 1. The highest BCUT2D eigenvalue weighted by molar-refractivity contribution is 7.17. The van der Waals surface area contributed by atoms with Crippen LogP contribution in [-0.2, 0) is 9.53 Å². The number of hydrogen-bond donors (Lipinski definition) is 1. The van der Waals surface area contributed by atoms with Gasteiger partial charge >= 0.3 is 5.97 Å². The summed E-state index contributed by atoms with van der Waals surface area (Å²) < 4.78 is 15.9. The zero-order chi connectivity index (χ0) is 24.9. The largest absolute Gasteiger partial charge is 0.503 e. The fraction of sp³-hybridized carbons (Fsp3) is 0.167. The number of ether oxygens (including phenoxy) is 2. The molecule has 0 saturated heterocycles. The molecule has 0 spiro atoms. The van der Waals surface area contributed by atoms with Crippen LogP contribution in [0.5, 0.6) is 5.75 Å². The second-order valence-corrected chi connectivity index (χ2v) is 9.53. The Hall–Kier alpha value is -3.96. The van der Waals surface area contributed by atoms with Crippen molar-refractivity contribution in [2.75, 3.05) is 19.1 Å². The lowest BCUT2D eigenvalue weighted by molar-refractivity contribution is -0.117. The highest BCUT2D eigenvalue weighted by Gasteiger charge is 2.47. The molecule has 4 heterocycles. The van der Waals surface area contributed by atoms with Gasteiger partial charge < -0.3 is 19.0 Å². The van der Waals surface area contributed by atoms with E-state index in [0.29, 0.717) is 27.3 Å². The second kappa shape index (κ2) is 8.67. The molecule has 1 atom stereocenters. The van der Waals surface area contributed by atoms with Crippen LogP contribution in [0.15, 0.2) is 57.5 Å². The number of hydrogen-bond acceptors (Lipinski definition) is 10. The zero-order valence-corrected chi connectivity index (χ0v) is 20.4. The van der Waals surface area contributed by atoms with Crippen LogP contribution >= 0.6 is 22.7 Å². The van der Waals surface area contributed by atoms with Gasteiger partial charge in [0.2, 0.25) is 5.78 Å². The Balaban J connectivity index is 1.63. The molecule has 35 heavy (non-hydrogen) atoms. The highest BCUT2D eigenvalue weighted by atomic mass is 32.1. The van der Waals surface area contributed by atoms with Crippen molar-refractivity contribution in [2.45, 2.75) is 13.0 Å². The van der Waals surface area contributed by atoms with Crippen LogP contribution in [0.3, 0.4) is 0 Å². The summed E-state index contributed by atoms with van der Waals surface area (Å²) in [5.74, 6) is -2.33. The average Bonchev–Trinajstić information content (AvgIpc) is 3.64. The molecule has 0 bridgehead atoms. The van der Waals surface area contributed by atoms with Gasteiger partial charge in [0, 0.05) is 10.3 Å². The maximum absolute atomic E-state index is 13.7. The van der Waals surface area contributed by atoms with E-state index >= 15 is 0 Å². The van der Waals surface area contributed by atoms with Crippen molar-refractivity contribution in [1.82, 2.24) is 4.98 Å². The van der Waals surface area contributed by atoms with Gasteiger partial charge in [-0.25, -0.2) is 9.78 Å². The maximum atomic E-state index is 13.7. The summed E-state index contributed by atoms with van der Waals surface area (Å²) >= 11 is 2.26. The lowest BCUT2D eigenvalue weighted by Gasteiger charge is -2.22. The van der Waals surface area contributed by atoms with Gasteiger partial charge in [-0.2, -0.15) is 0 Å². The number of thiazole rings is 1. The van der Waals surface area contributed by atoms with E-state index in [1.54, 1.807) is 48.7 Å². The summed E-state index contributed by atoms with van der Waals surface area (Å²) in [5, 5.41) is 13.5. The predicted molar refractivity (Wildman–Crippen MR) is 129 cm³/mol. The summed E-state index contributed by atoms with van der Waals surface area (Å²) in [5.41, 5.74) is 0.617. The van der Waals surface area contributed by atoms with E-state index in [2.05, 4.69) is 4.98 Å². The normalized spacial score (nSPS) is 15.8. The van der Waals surface area contributed by atoms with Gasteiger partial charge in [0.05, 0.1) is 25.5 Å². The van der Waals surface area contributed by atoms with Crippen LogP contribution in [0.4, 0.5) is 5.13 Å². The number of carbonyl (C=O) groups excluding carboxylic acids is 3. The first-order valence-electron chi connectivity index (χ1n) is 10.3. The molecule has 1 aromatic carbocycles. The van der Waals surface area contributed by atoms with Crippen molar-refractivity contribution in [2.24, 2.45) is 0 Å². The minimum absolute atomic E-state index is 0.0483. The number of fused-ring (bicyclic) bond motifs is 1. The quantitative estimate of drug-likeness (QED) is 0.289. The number of para-hydroxylation sites is 1.